The molecule has 0 amide bonds. The van der Waals surface area contributed by atoms with Gasteiger partial charge in [-0.25, -0.2) is 4.39 Å². The molecule has 0 fully saturated rings. The number of pyridine rings is 1. The van der Waals surface area contributed by atoms with Crippen LogP contribution in [0.15, 0.2) is 30.5 Å². The summed E-state index contributed by atoms with van der Waals surface area (Å²) in [6.45, 7) is 2.15. The minimum atomic E-state index is -0.519. The molecular weight excluding hydrogens is 255 g/mol. The normalized spacial score (nSPS) is 10.4. The number of aromatic nitrogens is 1. The van der Waals surface area contributed by atoms with Crippen molar-refractivity contribution in [2.45, 2.75) is 13.5 Å². The lowest BCUT2D eigenvalue weighted by molar-refractivity contribution is 0.469. The first kappa shape index (κ1) is 12.8. The minimum Gasteiger partial charge on any atom is -0.457 e. The monoisotopic (exact) mass is 266 g/mol. The van der Waals surface area contributed by atoms with Crippen LogP contribution < -0.4 is 10.5 Å². The molecule has 2 N–H and O–H groups in total. The molecule has 0 aliphatic carbocycles. The number of nitrogens with zero attached hydrogens (tertiary/aromatic N) is 1. The molecular formula is C13H12ClFN2O. The van der Waals surface area contributed by atoms with Gasteiger partial charge in [-0.15, -0.1) is 0 Å². The van der Waals surface area contributed by atoms with Crippen LogP contribution in [0.2, 0.25) is 5.02 Å². The number of benzene rings is 1. The second-order valence-electron chi connectivity index (χ2n) is 3.82. The van der Waals surface area contributed by atoms with Crippen molar-refractivity contribution in [3.8, 4) is 11.5 Å². The second kappa shape index (κ2) is 5.33. The van der Waals surface area contributed by atoms with Crippen molar-refractivity contribution in [1.82, 2.24) is 4.98 Å². The van der Waals surface area contributed by atoms with Crippen molar-refractivity contribution in [2.24, 2.45) is 5.73 Å². The van der Waals surface area contributed by atoms with Crippen molar-refractivity contribution in [2.75, 3.05) is 0 Å². The van der Waals surface area contributed by atoms with Gasteiger partial charge in [0.25, 0.3) is 0 Å². The van der Waals surface area contributed by atoms with Gasteiger partial charge in [0.15, 0.2) is 0 Å². The van der Waals surface area contributed by atoms with Gasteiger partial charge in [0.2, 0.25) is 0 Å². The van der Waals surface area contributed by atoms with Crippen molar-refractivity contribution in [3.63, 3.8) is 0 Å². The lowest BCUT2D eigenvalue weighted by atomic mass is 10.2. The van der Waals surface area contributed by atoms with Crippen LogP contribution in [0, 0.1) is 12.7 Å². The van der Waals surface area contributed by atoms with Gasteiger partial charge in [-0.1, -0.05) is 11.6 Å². The smallest absolute Gasteiger partial charge is 0.145 e. The molecule has 0 bridgehead atoms. The van der Waals surface area contributed by atoms with E-state index in [1.165, 1.54) is 12.1 Å². The number of halogens is 2. The molecule has 0 spiro atoms. The topological polar surface area (TPSA) is 48.1 Å². The molecule has 0 saturated carbocycles. The first-order valence-electron chi connectivity index (χ1n) is 5.38. The Labute approximate surface area is 109 Å². The zero-order valence-corrected chi connectivity index (χ0v) is 10.5. The van der Waals surface area contributed by atoms with E-state index < -0.39 is 5.82 Å². The maximum absolute atomic E-state index is 13.3. The summed E-state index contributed by atoms with van der Waals surface area (Å²) >= 11 is 5.61. The first-order chi connectivity index (χ1) is 8.60. The maximum Gasteiger partial charge on any atom is 0.145 e. The fourth-order valence-electron chi connectivity index (χ4n) is 1.48. The molecule has 2 rings (SSSR count). The van der Waals surface area contributed by atoms with E-state index in [2.05, 4.69) is 4.98 Å². The van der Waals surface area contributed by atoms with E-state index >= 15 is 0 Å². The molecule has 1 aromatic carbocycles. The van der Waals surface area contributed by atoms with Crippen LogP contribution in [-0.4, -0.2) is 4.98 Å². The number of nitrogens with two attached hydrogens (primary N) is 1. The van der Waals surface area contributed by atoms with Crippen LogP contribution in [0.1, 0.15) is 11.3 Å². The zero-order chi connectivity index (χ0) is 13.1. The Morgan fingerprint density at radius 3 is 2.83 bits per heavy atom. The predicted molar refractivity (Wildman–Crippen MR) is 68.3 cm³/mol. The third kappa shape index (κ3) is 2.78. The first-order valence-corrected chi connectivity index (χ1v) is 5.76. The zero-order valence-electron chi connectivity index (χ0n) is 9.78. The summed E-state index contributed by atoms with van der Waals surface area (Å²) in [5.41, 5.74) is 7.16. The molecule has 0 saturated heterocycles. The molecule has 18 heavy (non-hydrogen) atoms. The van der Waals surface area contributed by atoms with Gasteiger partial charge in [0, 0.05) is 36.1 Å². The molecule has 2 aromatic rings. The second-order valence-corrected chi connectivity index (χ2v) is 4.22. The fourth-order valence-corrected chi connectivity index (χ4v) is 1.60. The van der Waals surface area contributed by atoms with Gasteiger partial charge < -0.3 is 10.5 Å². The summed E-state index contributed by atoms with van der Waals surface area (Å²) in [6.07, 6.45) is 1.65. The molecule has 94 valence electrons. The van der Waals surface area contributed by atoms with E-state index in [0.717, 1.165) is 11.3 Å². The van der Waals surface area contributed by atoms with Crippen LogP contribution in [-0.2, 0) is 6.54 Å². The molecule has 5 heteroatoms. The Hall–Kier alpha value is -1.65. The van der Waals surface area contributed by atoms with Crippen LogP contribution in [0.4, 0.5) is 4.39 Å². The summed E-state index contributed by atoms with van der Waals surface area (Å²) in [4.78, 5) is 4.13. The molecule has 0 radical (unpaired) electrons. The summed E-state index contributed by atoms with van der Waals surface area (Å²) in [5.74, 6) is 0.429. The number of ether oxygens (including phenoxy) is 1. The van der Waals surface area contributed by atoms with Crippen molar-refractivity contribution >= 4 is 11.6 Å². The molecule has 1 aromatic heterocycles. The molecule has 0 unspecified atom stereocenters. The SMILES string of the molecule is Cc1cc(Oc2ccc(Cl)c(F)c2)c(CN)cn1. The van der Waals surface area contributed by atoms with E-state index in [0.29, 0.717) is 18.0 Å². The summed E-state index contributed by atoms with van der Waals surface area (Å²) in [6, 6.07) is 6.04. The predicted octanol–water partition coefficient (Wildman–Crippen LogP) is 3.43. The highest BCUT2D eigenvalue weighted by Gasteiger charge is 2.07. The fraction of sp³-hybridized carbons (Fsp3) is 0.154. The summed E-state index contributed by atoms with van der Waals surface area (Å²) in [5, 5.41) is 0.0623. The Morgan fingerprint density at radius 1 is 1.39 bits per heavy atom. The molecule has 3 nitrogen and oxygen atoms in total. The van der Waals surface area contributed by atoms with E-state index in [-0.39, 0.29) is 5.02 Å². The van der Waals surface area contributed by atoms with Crippen LogP contribution in [0.25, 0.3) is 0 Å². The third-order valence-electron chi connectivity index (χ3n) is 2.42. The molecule has 0 aliphatic heterocycles. The summed E-state index contributed by atoms with van der Waals surface area (Å²) < 4.78 is 18.9. The average molecular weight is 267 g/mol. The highest BCUT2D eigenvalue weighted by atomic mass is 35.5. The highest BCUT2D eigenvalue weighted by molar-refractivity contribution is 6.30. The Kier molecular flexibility index (Phi) is 3.79. The van der Waals surface area contributed by atoms with Crippen molar-refractivity contribution in [3.05, 3.63) is 52.6 Å². The third-order valence-corrected chi connectivity index (χ3v) is 2.73. The van der Waals surface area contributed by atoms with Gasteiger partial charge in [0.05, 0.1) is 5.02 Å². The van der Waals surface area contributed by atoms with Gasteiger partial charge >= 0.3 is 0 Å². The quantitative estimate of drug-likeness (QED) is 0.926. The van der Waals surface area contributed by atoms with Crippen molar-refractivity contribution in [1.29, 1.82) is 0 Å². The Bertz CT molecular complexity index is 575. The standard InChI is InChI=1S/C13H12ClFN2O/c1-8-4-13(9(6-16)7-17-8)18-10-2-3-11(14)12(15)5-10/h2-5,7H,6,16H2,1H3. The van der Waals surface area contributed by atoms with Gasteiger partial charge in [-0.2, -0.15) is 0 Å². The highest BCUT2D eigenvalue weighted by Crippen LogP contribution is 2.27. The van der Waals surface area contributed by atoms with Crippen molar-refractivity contribution < 1.29 is 9.13 Å². The van der Waals surface area contributed by atoms with E-state index in [1.807, 2.05) is 6.92 Å². The number of hydrogen-bond donors (Lipinski definition) is 1. The van der Waals surface area contributed by atoms with Gasteiger partial charge in [-0.3, -0.25) is 4.98 Å². The Morgan fingerprint density at radius 2 is 2.17 bits per heavy atom. The minimum absolute atomic E-state index is 0.0623. The van der Waals surface area contributed by atoms with E-state index in [9.17, 15) is 4.39 Å². The van der Waals surface area contributed by atoms with Crippen LogP contribution in [0.5, 0.6) is 11.5 Å². The number of aryl methyl sites for hydroxylation is 1. The average Bonchev–Trinajstić information content (AvgIpc) is 2.34. The lowest BCUT2D eigenvalue weighted by Gasteiger charge is -2.10. The van der Waals surface area contributed by atoms with Crippen LogP contribution >= 0.6 is 11.6 Å². The number of hydrogen-bond acceptors (Lipinski definition) is 3. The van der Waals surface area contributed by atoms with Crippen LogP contribution in [0.3, 0.4) is 0 Å². The van der Waals surface area contributed by atoms with E-state index in [4.69, 9.17) is 22.1 Å². The van der Waals surface area contributed by atoms with Gasteiger partial charge in [-0.05, 0) is 19.1 Å². The number of rotatable bonds is 3. The Balaban J connectivity index is 2.33. The molecule has 0 atom stereocenters. The molecule has 1 heterocycles. The lowest BCUT2D eigenvalue weighted by Crippen LogP contribution is -2.01. The van der Waals surface area contributed by atoms with Gasteiger partial charge in [0.1, 0.15) is 17.3 Å². The maximum atomic E-state index is 13.3. The largest absolute Gasteiger partial charge is 0.457 e. The summed E-state index contributed by atoms with van der Waals surface area (Å²) in [7, 11) is 0. The van der Waals surface area contributed by atoms with E-state index in [1.54, 1.807) is 18.3 Å². The molecule has 0 aliphatic rings.